The Balaban J connectivity index is 3.07. The molecule has 0 bridgehead atoms. The Bertz CT molecular complexity index is 352. The zero-order chi connectivity index (χ0) is 9.68. The van der Waals surface area contributed by atoms with Gasteiger partial charge in [-0.25, -0.2) is 0 Å². The number of anilines is 1. The second-order valence-corrected chi connectivity index (χ2v) is 2.32. The Labute approximate surface area is 76.7 Å². The first kappa shape index (κ1) is 9.14. The minimum absolute atomic E-state index is 0.599. The molecule has 0 aliphatic heterocycles. The van der Waals surface area contributed by atoms with Crippen LogP contribution in [-0.4, -0.2) is 13.5 Å². The van der Waals surface area contributed by atoms with Crippen LogP contribution in [0.2, 0.25) is 0 Å². The summed E-state index contributed by atoms with van der Waals surface area (Å²) in [5.74, 6) is 3.09. The summed E-state index contributed by atoms with van der Waals surface area (Å²) in [5, 5.41) is 2.50. The number of hydrogen-bond acceptors (Lipinski definition) is 2. The number of ether oxygens (including phenoxy) is 1. The normalized spacial score (nSPS) is 8.62. The molecule has 0 heterocycles. The SMILES string of the molecule is C#Cc1cc(NC=O)ccc1OC. The molecule has 0 aliphatic rings. The van der Waals surface area contributed by atoms with Crippen molar-refractivity contribution < 1.29 is 9.53 Å². The minimum Gasteiger partial charge on any atom is -0.495 e. The van der Waals surface area contributed by atoms with Gasteiger partial charge in [0.15, 0.2) is 0 Å². The summed E-state index contributed by atoms with van der Waals surface area (Å²) >= 11 is 0. The highest BCUT2D eigenvalue weighted by Crippen LogP contribution is 2.20. The number of nitrogens with one attached hydrogen (secondary N) is 1. The van der Waals surface area contributed by atoms with E-state index in [4.69, 9.17) is 11.2 Å². The van der Waals surface area contributed by atoms with E-state index in [1.54, 1.807) is 25.3 Å². The van der Waals surface area contributed by atoms with Crippen LogP contribution in [0.4, 0.5) is 5.69 Å². The van der Waals surface area contributed by atoms with E-state index in [2.05, 4.69) is 11.2 Å². The summed E-state index contributed by atoms with van der Waals surface area (Å²) < 4.78 is 5.01. The molecule has 0 spiro atoms. The Kier molecular flexibility index (Phi) is 2.93. The van der Waals surface area contributed by atoms with Gasteiger partial charge in [0.1, 0.15) is 5.75 Å². The van der Waals surface area contributed by atoms with E-state index < -0.39 is 0 Å². The highest BCUT2D eigenvalue weighted by atomic mass is 16.5. The second-order valence-electron chi connectivity index (χ2n) is 2.32. The van der Waals surface area contributed by atoms with Crippen molar-refractivity contribution in [2.45, 2.75) is 0 Å². The third kappa shape index (κ3) is 2.00. The number of benzene rings is 1. The molecular formula is C10H9NO2. The molecule has 0 saturated heterocycles. The number of terminal acetylenes is 1. The van der Waals surface area contributed by atoms with Crippen molar-refractivity contribution in [2.75, 3.05) is 12.4 Å². The zero-order valence-electron chi connectivity index (χ0n) is 7.20. The molecule has 1 aromatic rings. The van der Waals surface area contributed by atoms with E-state index in [0.29, 0.717) is 23.4 Å². The topological polar surface area (TPSA) is 38.3 Å². The lowest BCUT2D eigenvalue weighted by Gasteiger charge is -2.04. The zero-order valence-corrected chi connectivity index (χ0v) is 7.20. The van der Waals surface area contributed by atoms with Crippen molar-refractivity contribution in [3.8, 4) is 18.1 Å². The second kappa shape index (κ2) is 4.17. The first-order chi connectivity index (χ1) is 6.31. The molecule has 0 radical (unpaired) electrons. The van der Waals surface area contributed by atoms with E-state index >= 15 is 0 Å². The maximum Gasteiger partial charge on any atom is 0.211 e. The number of carbonyl (C=O) groups is 1. The number of hydrogen-bond donors (Lipinski definition) is 1. The van der Waals surface area contributed by atoms with Crippen LogP contribution in [0.25, 0.3) is 0 Å². The summed E-state index contributed by atoms with van der Waals surface area (Å²) in [4.78, 5) is 10.1. The van der Waals surface area contributed by atoms with E-state index in [0.717, 1.165) is 0 Å². The van der Waals surface area contributed by atoms with Gasteiger partial charge in [-0.3, -0.25) is 4.79 Å². The lowest BCUT2D eigenvalue weighted by Crippen LogP contribution is -1.95. The summed E-state index contributed by atoms with van der Waals surface area (Å²) in [6, 6.07) is 5.10. The van der Waals surface area contributed by atoms with E-state index in [-0.39, 0.29) is 0 Å². The number of amides is 1. The van der Waals surface area contributed by atoms with Crippen LogP contribution in [0.3, 0.4) is 0 Å². The highest BCUT2D eigenvalue weighted by molar-refractivity contribution is 5.72. The predicted molar refractivity (Wildman–Crippen MR) is 50.6 cm³/mol. The molecule has 1 amide bonds. The Morgan fingerprint density at radius 1 is 1.62 bits per heavy atom. The van der Waals surface area contributed by atoms with Crippen LogP contribution in [0.5, 0.6) is 5.75 Å². The number of carbonyl (C=O) groups excluding carboxylic acids is 1. The minimum atomic E-state index is 0.599. The van der Waals surface area contributed by atoms with Crippen LogP contribution in [0.1, 0.15) is 5.56 Å². The summed E-state index contributed by atoms with van der Waals surface area (Å²) in [6.45, 7) is 0. The molecular weight excluding hydrogens is 166 g/mol. The highest BCUT2D eigenvalue weighted by Gasteiger charge is 2.00. The molecule has 0 aromatic heterocycles. The molecule has 0 fully saturated rings. The summed E-state index contributed by atoms with van der Waals surface area (Å²) in [6.07, 6.45) is 5.84. The van der Waals surface area contributed by atoms with Crippen LogP contribution < -0.4 is 10.1 Å². The molecule has 66 valence electrons. The Morgan fingerprint density at radius 3 is 2.92 bits per heavy atom. The largest absolute Gasteiger partial charge is 0.495 e. The monoisotopic (exact) mass is 175 g/mol. The van der Waals surface area contributed by atoms with Crippen molar-refractivity contribution in [2.24, 2.45) is 0 Å². The molecule has 0 saturated carbocycles. The maximum atomic E-state index is 10.1. The van der Waals surface area contributed by atoms with Gasteiger partial charge in [-0.1, -0.05) is 5.92 Å². The van der Waals surface area contributed by atoms with Crippen molar-refractivity contribution in [1.29, 1.82) is 0 Å². The molecule has 3 heteroatoms. The number of methoxy groups -OCH3 is 1. The van der Waals surface area contributed by atoms with Gasteiger partial charge in [-0.2, -0.15) is 0 Å². The van der Waals surface area contributed by atoms with Gasteiger partial charge in [0.2, 0.25) is 6.41 Å². The Morgan fingerprint density at radius 2 is 2.38 bits per heavy atom. The predicted octanol–water partition coefficient (Wildman–Crippen LogP) is 1.24. The van der Waals surface area contributed by atoms with E-state index in [1.165, 1.54) is 0 Å². The molecule has 3 nitrogen and oxygen atoms in total. The van der Waals surface area contributed by atoms with E-state index in [9.17, 15) is 4.79 Å². The van der Waals surface area contributed by atoms with Gasteiger partial charge in [0, 0.05) is 5.69 Å². The smallest absolute Gasteiger partial charge is 0.211 e. The lowest BCUT2D eigenvalue weighted by molar-refractivity contribution is -0.105. The average Bonchev–Trinajstić information content (AvgIpc) is 2.18. The molecule has 1 rings (SSSR count). The van der Waals surface area contributed by atoms with Gasteiger partial charge in [0.05, 0.1) is 12.7 Å². The van der Waals surface area contributed by atoms with Gasteiger partial charge in [-0.05, 0) is 18.2 Å². The first-order valence-corrected chi connectivity index (χ1v) is 3.66. The van der Waals surface area contributed by atoms with Crippen LogP contribution in [0.15, 0.2) is 18.2 Å². The maximum absolute atomic E-state index is 10.1. The molecule has 0 unspecified atom stereocenters. The molecule has 13 heavy (non-hydrogen) atoms. The van der Waals surface area contributed by atoms with Crippen LogP contribution >= 0.6 is 0 Å². The van der Waals surface area contributed by atoms with E-state index in [1.807, 2.05) is 0 Å². The quantitative estimate of drug-likeness (QED) is 0.554. The summed E-state index contributed by atoms with van der Waals surface area (Å²) in [5.41, 5.74) is 1.28. The molecule has 0 atom stereocenters. The fourth-order valence-electron chi connectivity index (χ4n) is 0.979. The van der Waals surface area contributed by atoms with Gasteiger partial charge in [-0.15, -0.1) is 6.42 Å². The first-order valence-electron chi connectivity index (χ1n) is 3.66. The van der Waals surface area contributed by atoms with Crippen molar-refractivity contribution in [3.63, 3.8) is 0 Å². The average molecular weight is 175 g/mol. The van der Waals surface area contributed by atoms with Crippen molar-refractivity contribution >= 4 is 12.1 Å². The number of rotatable bonds is 3. The van der Waals surface area contributed by atoms with Crippen LogP contribution in [0, 0.1) is 12.3 Å². The van der Waals surface area contributed by atoms with Crippen LogP contribution in [-0.2, 0) is 4.79 Å². The van der Waals surface area contributed by atoms with Crippen molar-refractivity contribution in [1.82, 2.24) is 0 Å². The summed E-state index contributed by atoms with van der Waals surface area (Å²) in [7, 11) is 1.54. The molecule has 1 aromatic carbocycles. The Hall–Kier alpha value is -1.95. The third-order valence-electron chi connectivity index (χ3n) is 1.58. The van der Waals surface area contributed by atoms with Gasteiger partial charge < -0.3 is 10.1 Å². The fourth-order valence-corrected chi connectivity index (χ4v) is 0.979. The van der Waals surface area contributed by atoms with Gasteiger partial charge in [0.25, 0.3) is 0 Å². The standard InChI is InChI=1S/C10H9NO2/c1-3-8-6-9(11-7-12)4-5-10(8)13-2/h1,4-7H,2H3,(H,11,12). The van der Waals surface area contributed by atoms with Crippen molar-refractivity contribution in [3.05, 3.63) is 23.8 Å². The third-order valence-corrected chi connectivity index (χ3v) is 1.58. The fraction of sp³-hybridized carbons (Fsp3) is 0.100. The molecule has 1 N–H and O–H groups in total. The van der Waals surface area contributed by atoms with Gasteiger partial charge >= 0.3 is 0 Å². The lowest BCUT2D eigenvalue weighted by atomic mass is 10.2. The molecule has 0 aliphatic carbocycles.